The van der Waals surface area contributed by atoms with Gasteiger partial charge in [0.1, 0.15) is 0 Å². The minimum atomic E-state index is 0.0111. The number of nitrogens with zero attached hydrogens (tertiary/aromatic N) is 4. The third kappa shape index (κ3) is 4.27. The molecule has 0 aliphatic carbocycles. The lowest BCUT2D eigenvalue weighted by Crippen LogP contribution is -2.44. The van der Waals surface area contributed by atoms with Crippen molar-refractivity contribution in [3.63, 3.8) is 0 Å². The molecule has 0 saturated carbocycles. The Labute approximate surface area is 124 Å². The van der Waals surface area contributed by atoms with Gasteiger partial charge in [0.15, 0.2) is 0 Å². The number of carbonyl (C=O) groups is 2. The Morgan fingerprint density at radius 3 is 2.62 bits per heavy atom. The lowest BCUT2D eigenvalue weighted by atomic mass is 9.95. The van der Waals surface area contributed by atoms with Gasteiger partial charge in [-0.2, -0.15) is 0 Å². The number of hydrogen-bond acceptors (Lipinski definition) is 4. The van der Waals surface area contributed by atoms with Gasteiger partial charge in [-0.1, -0.05) is 19.1 Å². The summed E-state index contributed by atoms with van der Waals surface area (Å²) in [6.07, 6.45) is 4.87. The summed E-state index contributed by atoms with van der Waals surface area (Å²) in [5.41, 5.74) is 0. The molecule has 1 aromatic rings. The van der Waals surface area contributed by atoms with Crippen LogP contribution in [0.25, 0.3) is 0 Å². The average Bonchev–Trinajstić information content (AvgIpc) is 2.99. The van der Waals surface area contributed by atoms with Crippen LogP contribution in [0.2, 0.25) is 0 Å². The highest BCUT2D eigenvalue weighted by atomic mass is 16.2. The van der Waals surface area contributed by atoms with Gasteiger partial charge in [0, 0.05) is 37.7 Å². The van der Waals surface area contributed by atoms with Gasteiger partial charge in [-0.3, -0.25) is 14.3 Å². The second-order valence-electron chi connectivity index (χ2n) is 5.71. The van der Waals surface area contributed by atoms with E-state index < -0.39 is 0 Å². The number of nitrogens with one attached hydrogen (secondary N) is 1. The minimum Gasteiger partial charge on any atom is -0.354 e. The Bertz CT molecular complexity index is 464. The summed E-state index contributed by atoms with van der Waals surface area (Å²) in [7, 11) is 0. The van der Waals surface area contributed by atoms with Gasteiger partial charge in [-0.15, -0.1) is 5.10 Å². The molecule has 1 aromatic heterocycles. The first kappa shape index (κ1) is 15.5. The third-order valence-electron chi connectivity index (χ3n) is 3.78. The van der Waals surface area contributed by atoms with E-state index in [4.69, 9.17) is 0 Å². The topological polar surface area (TPSA) is 80.1 Å². The van der Waals surface area contributed by atoms with Gasteiger partial charge in [0.2, 0.25) is 11.8 Å². The fourth-order valence-corrected chi connectivity index (χ4v) is 2.52. The van der Waals surface area contributed by atoms with Gasteiger partial charge >= 0.3 is 0 Å². The third-order valence-corrected chi connectivity index (χ3v) is 3.78. The van der Waals surface area contributed by atoms with Gasteiger partial charge in [-0.05, 0) is 12.8 Å². The number of carbonyl (C=O) groups excluding carboxylic acids is 2. The Morgan fingerprint density at radius 2 is 2.05 bits per heavy atom. The van der Waals surface area contributed by atoms with Crippen LogP contribution < -0.4 is 5.32 Å². The van der Waals surface area contributed by atoms with Gasteiger partial charge in [0.05, 0.1) is 12.7 Å². The maximum atomic E-state index is 12.1. The number of hydrogen-bond donors (Lipinski definition) is 1. The average molecular weight is 293 g/mol. The van der Waals surface area contributed by atoms with Crippen molar-refractivity contribution in [2.24, 2.45) is 11.8 Å². The number of rotatable bonds is 5. The summed E-state index contributed by atoms with van der Waals surface area (Å²) >= 11 is 0. The first-order chi connectivity index (χ1) is 10.1. The normalized spacial score (nSPS) is 16.2. The predicted molar refractivity (Wildman–Crippen MR) is 77.2 cm³/mol. The van der Waals surface area contributed by atoms with E-state index in [2.05, 4.69) is 15.6 Å². The Balaban J connectivity index is 1.69. The number of amides is 2. The lowest BCUT2D eigenvalue weighted by molar-refractivity contribution is -0.138. The number of piperidine rings is 1. The van der Waals surface area contributed by atoms with Crippen molar-refractivity contribution in [3.05, 3.63) is 12.4 Å². The van der Waals surface area contributed by atoms with Crippen LogP contribution in [0.15, 0.2) is 12.4 Å². The molecule has 2 heterocycles. The van der Waals surface area contributed by atoms with E-state index in [1.165, 1.54) is 0 Å². The highest BCUT2D eigenvalue weighted by molar-refractivity contribution is 5.80. The van der Waals surface area contributed by atoms with Crippen LogP contribution in [0.3, 0.4) is 0 Å². The summed E-state index contributed by atoms with van der Waals surface area (Å²) in [6, 6.07) is 0. The van der Waals surface area contributed by atoms with Crippen molar-refractivity contribution in [1.82, 2.24) is 25.2 Å². The summed E-state index contributed by atoms with van der Waals surface area (Å²) in [5.74, 6) is 0.293. The highest BCUT2D eigenvalue weighted by Gasteiger charge is 2.27. The first-order valence-electron chi connectivity index (χ1n) is 7.48. The van der Waals surface area contributed by atoms with Crippen molar-refractivity contribution in [2.45, 2.75) is 33.2 Å². The van der Waals surface area contributed by atoms with Crippen LogP contribution in [0.4, 0.5) is 0 Å². The van der Waals surface area contributed by atoms with Gasteiger partial charge < -0.3 is 10.2 Å². The van der Waals surface area contributed by atoms with E-state index in [0.717, 1.165) is 12.8 Å². The zero-order valence-corrected chi connectivity index (χ0v) is 12.7. The summed E-state index contributed by atoms with van der Waals surface area (Å²) in [5, 5.41) is 10.5. The SMILES string of the molecule is CC(C)C(=O)N1CCC(C(=O)NCCn2ccnn2)CC1. The van der Waals surface area contributed by atoms with E-state index in [0.29, 0.717) is 26.2 Å². The number of likely N-dealkylation sites (tertiary alicyclic amines) is 1. The molecule has 2 amide bonds. The molecule has 0 radical (unpaired) electrons. The predicted octanol–water partition coefficient (Wildman–Crippen LogP) is 0.289. The molecule has 1 aliphatic rings. The second kappa shape index (κ2) is 7.19. The minimum absolute atomic E-state index is 0.0111. The van der Waals surface area contributed by atoms with E-state index in [1.807, 2.05) is 18.7 Å². The second-order valence-corrected chi connectivity index (χ2v) is 5.71. The molecule has 21 heavy (non-hydrogen) atoms. The quantitative estimate of drug-likeness (QED) is 0.846. The molecule has 2 rings (SSSR count). The molecule has 116 valence electrons. The van der Waals surface area contributed by atoms with Crippen LogP contribution >= 0.6 is 0 Å². The van der Waals surface area contributed by atoms with Crippen molar-refractivity contribution < 1.29 is 9.59 Å². The maximum Gasteiger partial charge on any atom is 0.225 e. The van der Waals surface area contributed by atoms with Crippen LogP contribution in [0.5, 0.6) is 0 Å². The lowest BCUT2D eigenvalue weighted by Gasteiger charge is -2.32. The van der Waals surface area contributed by atoms with Crippen molar-refractivity contribution in [1.29, 1.82) is 0 Å². The maximum absolute atomic E-state index is 12.1. The molecule has 0 unspecified atom stereocenters. The summed E-state index contributed by atoms with van der Waals surface area (Å²) in [6.45, 7) is 6.34. The molecule has 7 heteroatoms. The van der Waals surface area contributed by atoms with E-state index in [1.54, 1.807) is 17.1 Å². The first-order valence-corrected chi connectivity index (χ1v) is 7.48. The smallest absolute Gasteiger partial charge is 0.225 e. The fraction of sp³-hybridized carbons (Fsp3) is 0.714. The Kier molecular flexibility index (Phi) is 5.30. The molecule has 0 atom stereocenters. The van der Waals surface area contributed by atoms with Crippen LogP contribution in [-0.4, -0.2) is 51.3 Å². The Hall–Kier alpha value is -1.92. The molecular formula is C14H23N5O2. The standard InChI is InChI=1S/C14H23N5O2/c1-11(2)14(21)18-7-3-12(4-8-18)13(20)15-5-9-19-10-6-16-17-19/h6,10-12H,3-5,7-9H2,1-2H3,(H,15,20). The molecule has 0 spiro atoms. The fourth-order valence-electron chi connectivity index (χ4n) is 2.52. The van der Waals surface area contributed by atoms with E-state index in [-0.39, 0.29) is 23.7 Å². The zero-order chi connectivity index (χ0) is 15.2. The molecule has 1 saturated heterocycles. The van der Waals surface area contributed by atoms with Crippen molar-refractivity contribution in [3.8, 4) is 0 Å². The van der Waals surface area contributed by atoms with Crippen molar-refractivity contribution in [2.75, 3.05) is 19.6 Å². The van der Waals surface area contributed by atoms with Gasteiger partial charge in [0.25, 0.3) is 0 Å². The molecule has 7 nitrogen and oxygen atoms in total. The molecular weight excluding hydrogens is 270 g/mol. The largest absolute Gasteiger partial charge is 0.354 e. The monoisotopic (exact) mass is 293 g/mol. The van der Waals surface area contributed by atoms with Crippen LogP contribution in [0, 0.1) is 11.8 Å². The highest BCUT2D eigenvalue weighted by Crippen LogP contribution is 2.18. The summed E-state index contributed by atoms with van der Waals surface area (Å²) in [4.78, 5) is 25.8. The van der Waals surface area contributed by atoms with E-state index >= 15 is 0 Å². The molecule has 0 aromatic carbocycles. The summed E-state index contributed by atoms with van der Waals surface area (Å²) < 4.78 is 1.68. The molecule has 0 bridgehead atoms. The molecule has 1 aliphatic heterocycles. The van der Waals surface area contributed by atoms with Gasteiger partial charge in [-0.25, -0.2) is 0 Å². The molecule has 1 fully saturated rings. The van der Waals surface area contributed by atoms with Crippen molar-refractivity contribution >= 4 is 11.8 Å². The van der Waals surface area contributed by atoms with Crippen LogP contribution in [-0.2, 0) is 16.1 Å². The van der Waals surface area contributed by atoms with Crippen LogP contribution in [0.1, 0.15) is 26.7 Å². The Morgan fingerprint density at radius 1 is 1.33 bits per heavy atom. The molecule has 1 N–H and O–H groups in total. The zero-order valence-electron chi connectivity index (χ0n) is 12.7. The van der Waals surface area contributed by atoms with E-state index in [9.17, 15) is 9.59 Å². The number of aromatic nitrogens is 3.